The van der Waals surface area contributed by atoms with Crippen LogP contribution in [0.3, 0.4) is 0 Å². The van der Waals surface area contributed by atoms with Gasteiger partial charge in [0.2, 0.25) is 0 Å². The zero-order valence-corrected chi connectivity index (χ0v) is 14.7. The van der Waals surface area contributed by atoms with E-state index in [1.165, 1.54) is 7.11 Å². The zero-order chi connectivity index (χ0) is 19.2. The summed E-state index contributed by atoms with van der Waals surface area (Å²) in [6.45, 7) is 0.0587. The van der Waals surface area contributed by atoms with E-state index in [1.54, 1.807) is 60.7 Å². The molecule has 2 aromatic rings. The highest BCUT2D eigenvalue weighted by molar-refractivity contribution is 5.90. The fourth-order valence-electron chi connectivity index (χ4n) is 2.81. The molecule has 1 N–H and O–H groups in total. The second-order valence-electron chi connectivity index (χ2n) is 5.99. The average Bonchev–Trinajstić information content (AvgIpc) is 2.98. The van der Waals surface area contributed by atoms with Crippen molar-refractivity contribution >= 4 is 11.9 Å². The summed E-state index contributed by atoms with van der Waals surface area (Å²) in [6, 6.07) is 16.7. The van der Waals surface area contributed by atoms with E-state index in [-0.39, 0.29) is 6.61 Å². The number of esters is 2. The van der Waals surface area contributed by atoms with Gasteiger partial charge in [-0.3, -0.25) is 0 Å². The van der Waals surface area contributed by atoms with Crippen LogP contribution in [0, 0.1) is 0 Å². The molecular weight excluding hydrogens is 352 g/mol. The molecule has 0 amide bonds. The van der Waals surface area contributed by atoms with Crippen molar-refractivity contribution in [2.45, 2.75) is 24.6 Å². The minimum Gasteiger partial charge on any atom is -0.452 e. The van der Waals surface area contributed by atoms with Gasteiger partial charge >= 0.3 is 11.9 Å². The molecular formula is C20H20O7. The predicted molar refractivity (Wildman–Crippen MR) is 94.0 cm³/mol. The van der Waals surface area contributed by atoms with E-state index in [0.29, 0.717) is 11.1 Å². The SMILES string of the molecule is COC[C@H]1O[C@@H](O)[C@H](OC(=O)c2ccccc2)[C@@H]1OC(=O)c1ccccc1. The van der Waals surface area contributed by atoms with Gasteiger partial charge in [0.15, 0.2) is 18.5 Å². The van der Waals surface area contributed by atoms with Crippen molar-refractivity contribution in [1.29, 1.82) is 0 Å². The van der Waals surface area contributed by atoms with Gasteiger partial charge in [0.25, 0.3) is 0 Å². The van der Waals surface area contributed by atoms with E-state index in [4.69, 9.17) is 18.9 Å². The molecule has 1 fully saturated rings. The molecule has 0 radical (unpaired) electrons. The Bertz CT molecular complexity index is 762. The molecule has 0 bridgehead atoms. The molecule has 0 aliphatic carbocycles. The van der Waals surface area contributed by atoms with E-state index in [9.17, 15) is 14.7 Å². The first-order valence-corrected chi connectivity index (χ1v) is 8.44. The van der Waals surface area contributed by atoms with Gasteiger partial charge in [0, 0.05) is 7.11 Å². The summed E-state index contributed by atoms with van der Waals surface area (Å²) in [4.78, 5) is 24.8. The van der Waals surface area contributed by atoms with E-state index in [1.807, 2.05) is 0 Å². The molecule has 7 nitrogen and oxygen atoms in total. The molecule has 0 unspecified atom stereocenters. The number of methoxy groups -OCH3 is 1. The van der Waals surface area contributed by atoms with Gasteiger partial charge in [-0.1, -0.05) is 36.4 Å². The topological polar surface area (TPSA) is 91.3 Å². The summed E-state index contributed by atoms with van der Waals surface area (Å²) >= 11 is 0. The maximum Gasteiger partial charge on any atom is 0.338 e. The van der Waals surface area contributed by atoms with Crippen LogP contribution in [0.25, 0.3) is 0 Å². The number of hydrogen-bond donors (Lipinski definition) is 1. The molecule has 1 saturated heterocycles. The first-order valence-electron chi connectivity index (χ1n) is 8.44. The Morgan fingerprint density at radius 1 is 0.889 bits per heavy atom. The normalized spacial score (nSPS) is 24.4. The summed E-state index contributed by atoms with van der Waals surface area (Å²) in [5, 5.41) is 10.2. The van der Waals surface area contributed by atoms with Crippen LogP contribution in [-0.2, 0) is 18.9 Å². The minimum absolute atomic E-state index is 0.0587. The summed E-state index contributed by atoms with van der Waals surface area (Å²) in [7, 11) is 1.45. The fraction of sp³-hybridized carbons (Fsp3) is 0.300. The number of rotatable bonds is 6. The molecule has 1 aliphatic rings. The molecule has 1 aliphatic heterocycles. The summed E-state index contributed by atoms with van der Waals surface area (Å²) in [5.41, 5.74) is 0.649. The van der Waals surface area contributed by atoms with Crippen molar-refractivity contribution in [3.8, 4) is 0 Å². The Morgan fingerprint density at radius 2 is 1.37 bits per heavy atom. The van der Waals surface area contributed by atoms with E-state index >= 15 is 0 Å². The Balaban J connectivity index is 1.77. The Morgan fingerprint density at radius 3 is 1.85 bits per heavy atom. The smallest absolute Gasteiger partial charge is 0.338 e. The molecule has 142 valence electrons. The maximum absolute atomic E-state index is 12.4. The Labute approximate surface area is 156 Å². The highest BCUT2D eigenvalue weighted by Crippen LogP contribution is 2.27. The number of benzene rings is 2. The molecule has 0 spiro atoms. The fourth-order valence-corrected chi connectivity index (χ4v) is 2.81. The molecule has 2 aromatic carbocycles. The summed E-state index contributed by atoms with van der Waals surface area (Å²) in [5.74, 6) is -1.26. The van der Waals surface area contributed by atoms with Crippen molar-refractivity contribution in [2.75, 3.05) is 13.7 Å². The summed E-state index contributed by atoms with van der Waals surface area (Å²) in [6.07, 6.45) is -4.40. The van der Waals surface area contributed by atoms with Crippen LogP contribution in [0.2, 0.25) is 0 Å². The maximum atomic E-state index is 12.4. The van der Waals surface area contributed by atoms with E-state index in [2.05, 4.69) is 0 Å². The highest BCUT2D eigenvalue weighted by Gasteiger charge is 2.49. The van der Waals surface area contributed by atoms with Crippen LogP contribution in [0.5, 0.6) is 0 Å². The Hall–Kier alpha value is -2.74. The molecule has 0 saturated carbocycles. The highest BCUT2D eigenvalue weighted by atomic mass is 16.7. The molecule has 1 heterocycles. The minimum atomic E-state index is -1.44. The van der Waals surface area contributed by atoms with Gasteiger partial charge in [-0.2, -0.15) is 0 Å². The van der Waals surface area contributed by atoms with Gasteiger partial charge in [-0.25, -0.2) is 9.59 Å². The lowest BCUT2D eigenvalue weighted by atomic mass is 10.1. The lowest BCUT2D eigenvalue weighted by molar-refractivity contribution is -0.137. The number of aliphatic hydroxyl groups is 1. The third-order valence-electron chi connectivity index (χ3n) is 4.12. The second kappa shape index (κ2) is 8.77. The average molecular weight is 372 g/mol. The third-order valence-corrected chi connectivity index (χ3v) is 4.12. The summed E-state index contributed by atoms with van der Waals surface area (Å²) < 4.78 is 21.3. The predicted octanol–water partition coefficient (Wildman–Crippen LogP) is 1.80. The standard InChI is InChI=1S/C20H20O7/c1-24-12-15-16(26-18(21)13-8-4-2-5-9-13)17(20(23)25-15)27-19(22)14-10-6-3-7-11-14/h2-11,15-17,20,23H,12H2,1H3/t15-,16-,17-,20-/m1/s1. The largest absolute Gasteiger partial charge is 0.452 e. The lowest BCUT2D eigenvalue weighted by Crippen LogP contribution is -2.41. The third kappa shape index (κ3) is 4.51. The second-order valence-corrected chi connectivity index (χ2v) is 5.99. The van der Waals surface area contributed by atoms with Crippen LogP contribution in [0.15, 0.2) is 60.7 Å². The van der Waals surface area contributed by atoms with Crippen LogP contribution >= 0.6 is 0 Å². The molecule has 3 rings (SSSR count). The number of carbonyl (C=O) groups excluding carboxylic acids is 2. The van der Waals surface area contributed by atoms with Crippen molar-refractivity contribution in [2.24, 2.45) is 0 Å². The quantitative estimate of drug-likeness (QED) is 0.773. The van der Waals surface area contributed by atoms with Crippen LogP contribution in [-0.4, -0.2) is 55.4 Å². The van der Waals surface area contributed by atoms with Gasteiger partial charge in [-0.15, -0.1) is 0 Å². The van der Waals surface area contributed by atoms with Crippen LogP contribution in [0.4, 0.5) is 0 Å². The Kier molecular flexibility index (Phi) is 6.18. The molecule has 0 aromatic heterocycles. The monoisotopic (exact) mass is 372 g/mol. The van der Waals surface area contributed by atoms with Crippen molar-refractivity contribution in [1.82, 2.24) is 0 Å². The van der Waals surface area contributed by atoms with Crippen LogP contribution < -0.4 is 0 Å². The van der Waals surface area contributed by atoms with Crippen molar-refractivity contribution < 1.29 is 33.6 Å². The number of carbonyl (C=O) groups is 2. The molecule has 7 heteroatoms. The number of hydrogen-bond acceptors (Lipinski definition) is 7. The van der Waals surface area contributed by atoms with E-state index < -0.39 is 36.5 Å². The lowest BCUT2D eigenvalue weighted by Gasteiger charge is -2.23. The number of ether oxygens (including phenoxy) is 4. The van der Waals surface area contributed by atoms with Gasteiger partial charge in [0.1, 0.15) is 6.10 Å². The van der Waals surface area contributed by atoms with Gasteiger partial charge < -0.3 is 24.1 Å². The van der Waals surface area contributed by atoms with Gasteiger partial charge in [-0.05, 0) is 24.3 Å². The van der Waals surface area contributed by atoms with E-state index in [0.717, 1.165) is 0 Å². The van der Waals surface area contributed by atoms with Crippen molar-refractivity contribution in [3.63, 3.8) is 0 Å². The molecule has 4 atom stereocenters. The molecule has 27 heavy (non-hydrogen) atoms. The van der Waals surface area contributed by atoms with Crippen LogP contribution in [0.1, 0.15) is 20.7 Å². The zero-order valence-electron chi connectivity index (χ0n) is 14.7. The first-order chi connectivity index (χ1) is 13.1. The van der Waals surface area contributed by atoms with Gasteiger partial charge in [0.05, 0.1) is 17.7 Å². The first kappa shape index (κ1) is 19.0. The number of aliphatic hydroxyl groups excluding tert-OH is 1. The van der Waals surface area contributed by atoms with Crippen molar-refractivity contribution in [3.05, 3.63) is 71.8 Å².